The van der Waals surface area contributed by atoms with Gasteiger partial charge in [0.25, 0.3) is 0 Å². The first kappa shape index (κ1) is 17.0. The summed E-state index contributed by atoms with van der Waals surface area (Å²) in [6, 6.07) is 13.2. The lowest BCUT2D eigenvalue weighted by molar-refractivity contribution is 0.219. The van der Waals surface area contributed by atoms with Crippen molar-refractivity contribution in [1.82, 2.24) is 4.90 Å². The van der Waals surface area contributed by atoms with Gasteiger partial charge in [-0.2, -0.15) is 0 Å². The number of aryl methyl sites for hydroxylation is 2. The fraction of sp³-hybridized carbons (Fsp3) is 0.429. The number of hydrazine groups is 1. The molecule has 0 unspecified atom stereocenters. The first-order valence-corrected chi connectivity index (χ1v) is 8.93. The van der Waals surface area contributed by atoms with Crippen LogP contribution < -0.4 is 11.3 Å². The van der Waals surface area contributed by atoms with Gasteiger partial charge in [-0.3, -0.25) is 5.84 Å². The highest BCUT2D eigenvalue weighted by atomic mass is 15.2. The minimum absolute atomic E-state index is 0.751. The number of nitrogens with two attached hydrogens (primary N) is 1. The van der Waals surface area contributed by atoms with Crippen LogP contribution in [0, 0.1) is 19.8 Å². The third-order valence-corrected chi connectivity index (χ3v) is 5.38. The molecule has 1 saturated heterocycles. The van der Waals surface area contributed by atoms with Crippen LogP contribution in [0.1, 0.15) is 29.5 Å². The van der Waals surface area contributed by atoms with Crippen molar-refractivity contribution in [3.05, 3.63) is 53.1 Å². The van der Waals surface area contributed by atoms with Crippen molar-refractivity contribution < 1.29 is 0 Å². The second kappa shape index (κ2) is 7.37. The summed E-state index contributed by atoms with van der Waals surface area (Å²) >= 11 is 0. The van der Waals surface area contributed by atoms with Crippen molar-refractivity contribution in [3.8, 4) is 11.1 Å². The molecule has 0 atom stereocenters. The standard InChI is InChI=1S/C21H29N3/c1-15-5-4-6-16(2)21(15)18-7-8-20(23-22)19(14-18)13-17-9-11-24(3)12-10-17/h4-8,14,17,23H,9-13,22H2,1-3H3. The van der Waals surface area contributed by atoms with Crippen LogP contribution in [0.4, 0.5) is 5.69 Å². The molecule has 1 aliphatic rings. The number of benzene rings is 2. The summed E-state index contributed by atoms with van der Waals surface area (Å²) in [4.78, 5) is 2.42. The Morgan fingerprint density at radius 2 is 1.75 bits per heavy atom. The van der Waals surface area contributed by atoms with E-state index >= 15 is 0 Å². The summed E-state index contributed by atoms with van der Waals surface area (Å²) in [6.07, 6.45) is 3.65. The zero-order valence-corrected chi connectivity index (χ0v) is 15.1. The van der Waals surface area contributed by atoms with E-state index in [1.165, 1.54) is 53.7 Å². The van der Waals surface area contributed by atoms with Crippen LogP contribution in [0.15, 0.2) is 36.4 Å². The Balaban J connectivity index is 1.91. The van der Waals surface area contributed by atoms with Crippen LogP contribution in [0.5, 0.6) is 0 Å². The Hall–Kier alpha value is -1.84. The molecule has 1 aliphatic heterocycles. The van der Waals surface area contributed by atoms with Gasteiger partial charge in [0.15, 0.2) is 0 Å². The summed E-state index contributed by atoms with van der Waals surface area (Å²) < 4.78 is 0. The second-order valence-electron chi connectivity index (χ2n) is 7.23. The van der Waals surface area contributed by atoms with Crippen LogP contribution in [-0.4, -0.2) is 25.0 Å². The largest absolute Gasteiger partial charge is 0.324 e. The first-order valence-electron chi connectivity index (χ1n) is 8.93. The van der Waals surface area contributed by atoms with Gasteiger partial charge in [-0.25, -0.2) is 0 Å². The second-order valence-corrected chi connectivity index (χ2v) is 7.23. The van der Waals surface area contributed by atoms with E-state index in [9.17, 15) is 0 Å². The maximum Gasteiger partial charge on any atom is 0.0517 e. The number of nitrogens with one attached hydrogen (secondary N) is 1. The third kappa shape index (κ3) is 3.63. The van der Waals surface area contributed by atoms with Gasteiger partial charge in [0.2, 0.25) is 0 Å². The zero-order valence-electron chi connectivity index (χ0n) is 15.1. The van der Waals surface area contributed by atoms with Crippen molar-refractivity contribution in [1.29, 1.82) is 0 Å². The highest BCUT2D eigenvalue weighted by Crippen LogP contribution is 2.32. The summed E-state index contributed by atoms with van der Waals surface area (Å²) in [5.74, 6) is 6.52. The van der Waals surface area contributed by atoms with Crippen molar-refractivity contribution in [2.24, 2.45) is 11.8 Å². The number of nitrogen functional groups attached to an aromatic ring is 1. The minimum atomic E-state index is 0.751. The molecular weight excluding hydrogens is 294 g/mol. The summed E-state index contributed by atoms with van der Waals surface area (Å²) in [6.45, 7) is 6.78. The fourth-order valence-corrected chi connectivity index (χ4v) is 3.91. The molecule has 0 bridgehead atoms. The van der Waals surface area contributed by atoms with Gasteiger partial charge in [0.05, 0.1) is 5.69 Å². The zero-order chi connectivity index (χ0) is 17.1. The smallest absolute Gasteiger partial charge is 0.0517 e. The van der Waals surface area contributed by atoms with E-state index < -0.39 is 0 Å². The van der Waals surface area contributed by atoms with E-state index in [0.29, 0.717) is 0 Å². The predicted molar refractivity (Wildman–Crippen MR) is 103 cm³/mol. The van der Waals surface area contributed by atoms with Gasteiger partial charge < -0.3 is 10.3 Å². The van der Waals surface area contributed by atoms with Gasteiger partial charge >= 0.3 is 0 Å². The maximum atomic E-state index is 5.77. The van der Waals surface area contributed by atoms with E-state index in [-0.39, 0.29) is 0 Å². The molecule has 2 aromatic carbocycles. The number of nitrogens with zero attached hydrogens (tertiary/aromatic N) is 1. The lowest BCUT2D eigenvalue weighted by atomic mass is 9.87. The Labute approximate surface area is 145 Å². The van der Waals surface area contributed by atoms with Crippen LogP contribution in [-0.2, 0) is 6.42 Å². The van der Waals surface area contributed by atoms with Crippen molar-refractivity contribution in [2.75, 3.05) is 25.6 Å². The Morgan fingerprint density at radius 1 is 1.08 bits per heavy atom. The molecule has 1 heterocycles. The van der Waals surface area contributed by atoms with Gasteiger partial charge in [-0.15, -0.1) is 0 Å². The van der Waals surface area contributed by atoms with Crippen LogP contribution >= 0.6 is 0 Å². The molecule has 2 aromatic rings. The quantitative estimate of drug-likeness (QED) is 0.656. The molecular formula is C21H29N3. The van der Waals surface area contributed by atoms with Gasteiger partial charge in [0, 0.05) is 0 Å². The SMILES string of the molecule is Cc1cccc(C)c1-c1ccc(NN)c(CC2CCN(C)CC2)c1. The molecule has 0 amide bonds. The Morgan fingerprint density at radius 3 is 2.38 bits per heavy atom. The van der Waals surface area contributed by atoms with Crippen LogP contribution in [0.2, 0.25) is 0 Å². The van der Waals surface area contributed by atoms with Crippen molar-refractivity contribution in [3.63, 3.8) is 0 Å². The maximum absolute atomic E-state index is 5.77. The lowest BCUT2D eigenvalue weighted by Gasteiger charge is -2.29. The molecule has 3 rings (SSSR count). The summed E-state index contributed by atoms with van der Waals surface area (Å²) in [7, 11) is 2.21. The van der Waals surface area contributed by atoms with E-state index in [4.69, 9.17) is 5.84 Å². The molecule has 3 heteroatoms. The molecule has 1 fully saturated rings. The monoisotopic (exact) mass is 323 g/mol. The molecule has 0 spiro atoms. The van der Waals surface area contributed by atoms with E-state index in [1.54, 1.807) is 0 Å². The summed E-state index contributed by atoms with van der Waals surface area (Å²) in [5.41, 5.74) is 10.6. The highest BCUT2D eigenvalue weighted by Gasteiger charge is 2.19. The molecule has 128 valence electrons. The number of rotatable bonds is 4. The molecule has 24 heavy (non-hydrogen) atoms. The molecule has 3 nitrogen and oxygen atoms in total. The predicted octanol–water partition coefficient (Wildman–Crippen LogP) is 4.14. The van der Waals surface area contributed by atoms with E-state index in [0.717, 1.165) is 18.0 Å². The number of hydrogen-bond donors (Lipinski definition) is 2. The van der Waals surface area contributed by atoms with Crippen molar-refractivity contribution in [2.45, 2.75) is 33.1 Å². The topological polar surface area (TPSA) is 41.3 Å². The Kier molecular flexibility index (Phi) is 5.22. The number of anilines is 1. The average molecular weight is 323 g/mol. The average Bonchev–Trinajstić information content (AvgIpc) is 2.57. The van der Waals surface area contributed by atoms with Crippen LogP contribution in [0.25, 0.3) is 11.1 Å². The highest BCUT2D eigenvalue weighted by molar-refractivity contribution is 5.73. The minimum Gasteiger partial charge on any atom is -0.324 e. The molecule has 3 N–H and O–H groups in total. The summed E-state index contributed by atoms with van der Waals surface area (Å²) in [5, 5.41) is 0. The molecule has 0 aliphatic carbocycles. The molecule has 0 radical (unpaired) electrons. The van der Waals surface area contributed by atoms with Gasteiger partial charge in [-0.05, 0) is 99.1 Å². The normalized spacial score (nSPS) is 16.3. The van der Waals surface area contributed by atoms with Crippen molar-refractivity contribution >= 4 is 5.69 Å². The third-order valence-electron chi connectivity index (χ3n) is 5.38. The fourth-order valence-electron chi connectivity index (χ4n) is 3.91. The van der Waals surface area contributed by atoms with Gasteiger partial charge in [0.1, 0.15) is 0 Å². The number of piperidine rings is 1. The van der Waals surface area contributed by atoms with E-state index in [2.05, 4.69) is 67.6 Å². The van der Waals surface area contributed by atoms with Crippen LogP contribution in [0.3, 0.4) is 0 Å². The number of hydrogen-bond acceptors (Lipinski definition) is 3. The molecule has 0 saturated carbocycles. The number of likely N-dealkylation sites (tertiary alicyclic amines) is 1. The molecule has 0 aromatic heterocycles. The van der Waals surface area contributed by atoms with E-state index in [1.807, 2.05) is 0 Å². The Bertz CT molecular complexity index is 680. The first-order chi connectivity index (χ1) is 11.6. The van der Waals surface area contributed by atoms with Gasteiger partial charge in [-0.1, -0.05) is 24.3 Å². The lowest BCUT2D eigenvalue weighted by Crippen LogP contribution is -2.31.